The van der Waals surface area contributed by atoms with E-state index in [0.717, 1.165) is 21.7 Å². The first-order chi connectivity index (χ1) is 11.2. The first kappa shape index (κ1) is 18.6. The second kappa shape index (κ2) is 7.47. The molecule has 0 spiro atoms. The van der Waals surface area contributed by atoms with Gasteiger partial charge in [-0.05, 0) is 38.7 Å². The summed E-state index contributed by atoms with van der Waals surface area (Å²) >= 11 is 1.53. The van der Waals surface area contributed by atoms with E-state index in [1.807, 2.05) is 20.9 Å². The Morgan fingerprint density at radius 1 is 1.29 bits per heavy atom. The Morgan fingerprint density at radius 2 is 1.96 bits per heavy atom. The van der Waals surface area contributed by atoms with Gasteiger partial charge in [-0.15, -0.1) is 11.3 Å². The van der Waals surface area contributed by atoms with E-state index in [9.17, 15) is 9.59 Å². The number of rotatable bonds is 6. The van der Waals surface area contributed by atoms with E-state index in [0.29, 0.717) is 30.0 Å². The van der Waals surface area contributed by atoms with Crippen molar-refractivity contribution in [3.8, 4) is 0 Å². The van der Waals surface area contributed by atoms with Crippen LogP contribution in [0.1, 0.15) is 49.9 Å². The summed E-state index contributed by atoms with van der Waals surface area (Å²) in [5.74, 6) is 1.23. The monoisotopic (exact) mass is 349 g/mol. The maximum atomic E-state index is 12.4. The molecule has 2 rings (SSSR count). The van der Waals surface area contributed by atoms with Gasteiger partial charge < -0.3 is 9.88 Å². The fourth-order valence-electron chi connectivity index (χ4n) is 2.91. The van der Waals surface area contributed by atoms with Crippen LogP contribution in [0.15, 0.2) is 4.79 Å². The van der Waals surface area contributed by atoms with Crippen molar-refractivity contribution in [1.29, 1.82) is 0 Å². The van der Waals surface area contributed by atoms with Crippen molar-refractivity contribution >= 4 is 27.5 Å². The molecule has 1 N–H and O–H groups in total. The van der Waals surface area contributed by atoms with Gasteiger partial charge in [0.2, 0.25) is 5.91 Å². The molecule has 6 heteroatoms. The van der Waals surface area contributed by atoms with E-state index < -0.39 is 0 Å². The number of carbonyl (C=O) groups is 1. The Labute approximate surface area is 147 Å². The molecule has 0 saturated heterocycles. The lowest BCUT2D eigenvalue weighted by Gasteiger charge is -2.26. The van der Waals surface area contributed by atoms with E-state index in [1.54, 1.807) is 4.90 Å². The number of aryl methyl sites for hydroxylation is 3. The summed E-state index contributed by atoms with van der Waals surface area (Å²) in [4.78, 5) is 35.6. The third-order valence-corrected chi connectivity index (χ3v) is 5.63. The minimum atomic E-state index is -0.106. The molecule has 1 atom stereocenters. The average molecular weight is 350 g/mol. The van der Waals surface area contributed by atoms with Crippen molar-refractivity contribution < 1.29 is 4.79 Å². The lowest BCUT2D eigenvalue weighted by Crippen LogP contribution is -2.36. The molecule has 0 aliphatic carbocycles. The molecule has 132 valence electrons. The summed E-state index contributed by atoms with van der Waals surface area (Å²) in [5, 5.41) is 0.676. The number of carbonyl (C=O) groups excluding carboxylic acids is 1. The minimum absolute atomic E-state index is 0.0874. The van der Waals surface area contributed by atoms with Crippen LogP contribution in [-0.2, 0) is 11.2 Å². The predicted octanol–water partition coefficient (Wildman–Crippen LogP) is 3.43. The van der Waals surface area contributed by atoms with Crippen molar-refractivity contribution in [2.75, 3.05) is 7.05 Å². The number of hydrogen-bond donors (Lipinski definition) is 1. The number of nitrogens with zero attached hydrogens (tertiary/aromatic N) is 2. The summed E-state index contributed by atoms with van der Waals surface area (Å²) in [5.41, 5.74) is 0.888. The topological polar surface area (TPSA) is 66.1 Å². The standard InChI is InChI=1S/C18H27N3O2S/c1-10(2)9-11(3)21(6)15(22)8-7-14-19-17(23)16-12(4)13(5)24-18(16)20-14/h10-11H,7-9H2,1-6H3,(H,19,20,23). The highest BCUT2D eigenvalue weighted by molar-refractivity contribution is 7.18. The molecule has 0 fully saturated rings. The van der Waals surface area contributed by atoms with Gasteiger partial charge in [-0.2, -0.15) is 0 Å². The van der Waals surface area contributed by atoms with Gasteiger partial charge >= 0.3 is 0 Å². The zero-order valence-corrected chi connectivity index (χ0v) is 16.2. The summed E-state index contributed by atoms with van der Waals surface area (Å²) in [7, 11) is 1.85. The van der Waals surface area contributed by atoms with Gasteiger partial charge in [-0.25, -0.2) is 4.98 Å². The Bertz CT molecular complexity index is 791. The molecule has 5 nitrogen and oxygen atoms in total. The molecule has 2 heterocycles. The van der Waals surface area contributed by atoms with Gasteiger partial charge in [0.25, 0.3) is 5.56 Å². The van der Waals surface area contributed by atoms with Crippen molar-refractivity contribution in [2.45, 2.75) is 59.9 Å². The van der Waals surface area contributed by atoms with Crippen LogP contribution in [0, 0.1) is 19.8 Å². The minimum Gasteiger partial charge on any atom is -0.343 e. The number of aromatic amines is 1. The molecular formula is C18H27N3O2S. The quantitative estimate of drug-likeness (QED) is 0.869. The van der Waals surface area contributed by atoms with Gasteiger partial charge in [0.05, 0.1) is 5.39 Å². The number of nitrogens with one attached hydrogen (secondary N) is 1. The average Bonchev–Trinajstić information content (AvgIpc) is 2.78. The zero-order valence-electron chi connectivity index (χ0n) is 15.4. The number of amides is 1. The molecule has 0 bridgehead atoms. The van der Waals surface area contributed by atoms with E-state index in [1.165, 1.54) is 11.3 Å². The van der Waals surface area contributed by atoms with Crippen LogP contribution in [0.5, 0.6) is 0 Å². The molecule has 0 saturated carbocycles. The summed E-state index contributed by atoms with van der Waals surface area (Å²) in [6, 6.07) is 0.217. The van der Waals surface area contributed by atoms with Gasteiger partial charge in [0.15, 0.2) is 0 Å². The summed E-state index contributed by atoms with van der Waals surface area (Å²) in [6.45, 7) is 10.3. The molecular weight excluding hydrogens is 322 g/mol. The first-order valence-electron chi connectivity index (χ1n) is 8.45. The van der Waals surface area contributed by atoms with Crippen molar-refractivity contribution in [3.63, 3.8) is 0 Å². The molecule has 0 aliphatic rings. The maximum absolute atomic E-state index is 12.4. The van der Waals surface area contributed by atoms with Crippen molar-refractivity contribution in [1.82, 2.24) is 14.9 Å². The third-order valence-electron chi connectivity index (χ3n) is 4.53. The van der Waals surface area contributed by atoms with Crippen LogP contribution >= 0.6 is 11.3 Å². The normalized spacial score (nSPS) is 12.8. The van der Waals surface area contributed by atoms with E-state index in [4.69, 9.17) is 0 Å². The van der Waals surface area contributed by atoms with Crippen LogP contribution in [0.2, 0.25) is 0 Å². The summed E-state index contributed by atoms with van der Waals surface area (Å²) < 4.78 is 0. The maximum Gasteiger partial charge on any atom is 0.259 e. The summed E-state index contributed by atoms with van der Waals surface area (Å²) in [6.07, 6.45) is 1.80. The molecule has 2 aromatic heterocycles. The number of thiophene rings is 1. The van der Waals surface area contributed by atoms with Gasteiger partial charge in [0, 0.05) is 30.8 Å². The smallest absolute Gasteiger partial charge is 0.259 e. The lowest BCUT2D eigenvalue weighted by atomic mass is 10.0. The second-order valence-corrected chi connectivity index (χ2v) is 8.16. The number of hydrogen-bond acceptors (Lipinski definition) is 4. The van der Waals surface area contributed by atoms with E-state index >= 15 is 0 Å². The number of aromatic nitrogens is 2. The van der Waals surface area contributed by atoms with Crippen LogP contribution < -0.4 is 5.56 Å². The fraction of sp³-hybridized carbons (Fsp3) is 0.611. The Kier molecular flexibility index (Phi) is 5.80. The second-order valence-electron chi connectivity index (χ2n) is 6.96. The first-order valence-corrected chi connectivity index (χ1v) is 9.26. The van der Waals surface area contributed by atoms with Crippen LogP contribution in [0.4, 0.5) is 0 Å². The third kappa shape index (κ3) is 4.04. The Morgan fingerprint density at radius 3 is 2.58 bits per heavy atom. The van der Waals surface area contributed by atoms with Crippen LogP contribution in [0.3, 0.4) is 0 Å². The van der Waals surface area contributed by atoms with Crippen molar-refractivity contribution in [3.05, 3.63) is 26.6 Å². The SMILES string of the molecule is Cc1sc2nc(CCC(=O)N(C)C(C)CC(C)C)[nH]c(=O)c2c1C. The highest BCUT2D eigenvalue weighted by Gasteiger charge is 2.18. The van der Waals surface area contributed by atoms with E-state index in [-0.39, 0.29) is 17.5 Å². The van der Waals surface area contributed by atoms with Gasteiger partial charge in [-0.1, -0.05) is 13.8 Å². The molecule has 0 aromatic carbocycles. The molecule has 1 unspecified atom stereocenters. The Hall–Kier alpha value is -1.69. The largest absolute Gasteiger partial charge is 0.343 e. The molecule has 2 aromatic rings. The van der Waals surface area contributed by atoms with E-state index in [2.05, 4.69) is 30.7 Å². The zero-order chi connectivity index (χ0) is 18.0. The molecule has 24 heavy (non-hydrogen) atoms. The molecule has 0 aliphatic heterocycles. The molecule has 0 radical (unpaired) electrons. The highest BCUT2D eigenvalue weighted by atomic mass is 32.1. The van der Waals surface area contributed by atoms with Crippen molar-refractivity contribution in [2.24, 2.45) is 5.92 Å². The number of H-pyrrole nitrogens is 1. The predicted molar refractivity (Wildman–Crippen MR) is 99.7 cm³/mol. The number of fused-ring (bicyclic) bond motifs is 1. The Balaban J connectivity index is 2.08. The fourth-order valence-corrected chi connectivity index (χ4v) is 3.95. The highest BCUT2D eigenvalue weighted by Crippen LogP contribution is 2.25. The van der Waals surface area contributed by atoms with Gasteiger partial charge in [-0.3, -0.25) is 9.59 Å². The molecule has 1 amide bonds. The lowest BCUT2D eigenvalue weighted by molar-refractivity contribution is -0.131. The van der Waals surface area contributed by atoms with Crippen LogP contribution in [-0.4, -0.2) is 33.9 Å². The van der Waals surface area contributed by atoms with Crippen LogP contribution in [0.25, 0.3) is 10.2 Å². The van der Waals surface area contributed by atoms with Gasteiger partial charge in [0.1, 0.15) is 10.7 Å².